The van der Waals surface area contributed by atoms with Gasteiger partial charge in [0.2, 0.25) is 10.5 Å². The second-order valence-corrected chi connectivity index (χ2v) is 7.02. The van der Waals surface area contributed by atoms with Gasteiger partial charge in [-0.15, -0.1) is 0 Å². The fraction of sp³-hybridized carbons (Fsp3) is 0.364. The maximum Gasteiger partial charge on any atom is 0.235 e. The summed E-state index contributed by atoms with van der Waals surface area (Å²) >= 11 is 1.69. The number of sulfone groups is 1. The summed E-state index contributed by atoms with van der Waals surface area (Å²) in [4.78, 5) is 0.389. The van der Waals surface area contributed by atoms with Crippen LogP contribution in [0, 0.1) is 6.92 Å². The first-order chi connectivity index (χ1) is 7.43. The number of nitrogens with zero attached hydrogens (tertiary/aromatic N) is 1. The van der Waals surface area contributed by atoms with Crippen molar-refractivity contribution >= 4 is 31.4 Å². The minimum atomic E-state index is -3.12. The number of thiazole rings is 1. The van der Waals surface area contributed by atoms with Gasteiger partial charge in [-0.1, -0.05) is 11.3 Å². The molecule has 0 spiro atoms. The minimum Gasteiger partial charge on any atom is -0.224 e. The molecule has 86 valence electrons. The van der Waals surface area contributed by atoms with Crippen molar-refractivity contribution in [1.29, 1.82) is 0 Å². The third-order valence-electron chi connectivity index (χ3n) is 2.60. The molecule has 1 heterocycles. The standard InChI is InChI=1S/C11H14NO2S2/c1-4-12-8(2)15-11-6-5-9(7-10(11)12)16(3,13)14/h5-7H,4H2,1-3H3/q+1. The van der Waals surface area contributed by atoms with Crippen LogP contribution in [0.4, 0.5) is 0 Å². The van der Waals surface area contributed by atoms with Crippen molar-refractivity contribution < 1.29 is 13.0 Å². The Balaban J connectivity index is 2.79. The highest BCUT2D eigenvalue weighted by atomic mass is 32.2. The maximum absolute atomic E-state index is 11.5. The van der Waals surface area contributed by atoms with Gasteiger partial charge in [-0.3, -0.25) is 0 Å². The Bertz CT molecular complexity index is 641. The Morgan fingerprint density at radius 1 is 1.38 bits per heavy atom. The summed E-state index contributed by atoms with van der Waals surface area (Å²) in [5, 5.41) is 1.20. The summed E-state index contributed by atoms with van der Waals surface area (Å²) in [6, 6.07) is 5.32. The minimum absolute atomic E-state index is 0.389. The van der Waals surface area contributed by atoms with Crippen LogP contribution in [0.2, 0.25) is 0 Å². The zero-order valence-corrected chi connectivity index (χ0v) is 11.2. The first kappa shape index (κ1) is 11.5. The number of aryl methyl sites for hydroxylation is 2. The van der Waals surface area contributed by atoms with E-state index in [1.807, 2.05) is 13.0 Å². The van der Waals surface area contributed by atoms with Crippen LogP contribution in [-0.4, -0.2) is 14.7 Å². The van der Waals surface area contributed by atoms with Crippen molar-refractivity contribution in [3.8, 4) is 0 Å². The zero-order chi connectivity index (χ0) is 11.9. The fourth-order valence-corrected chi connectivity index (χ4v) is 3.51. The molecule has 0 saturated heterocycles. The summed E-state index contributed by atoms with van der Waals surface area (Å²) in [7, 11) is -3.12. The molecule has 1 aromatic carbocycles. The number of hydrogen-bond donors (Lipinski definition) is 0. The monoisotopic (exact) mass is 256 g/mol. The summed E-state index contributed by atoms with van der Waals surface area (Å²) in [6.07, 6.45) is 1.24. The number of rotatable bonds is 2. The van der Waals surface area contributed by atoms with E-state index in [0.717, 1.165) is 16.8 Å². The lowest BCUT2D eigenvalue weighted by Gasteiger charge is -1.96. The second-order valence-electron chi connectivity index (χ2n) is 3.77. The summed E-state index contributed by atoms with van der Waals surface area (Å²) in [5.74, 6) is 0. The van der Waals surface area contributed by atoms with E-state index in [1.54, 1.807) is 23.5 Å². The van der Waals surface area contributed by atoms with Gasteiger partial charge in [0, 0.05) is 19.2 Å². The molecule has 0 N–H and O–H groups in total. The van der Waals surface area contributed by atoms with Crippen molar-refractivity contribution in [1.82, 2.24) is 0 Å². The van der Waals surface area contributed by atoms with Gasteiger partial charge >= 0.3 is 0 Å². The Morgan fingerprint density at radius 3 is 2.62 bits per heavy atom. The lowest BCUT2D eigenvalue weighted by molar-refractivity contribution is -0.669. The largest absolute Gasteiger partial charge is 0.235 e. The molecule has 3 nitrogen and oxygen atoms in total. The fourth-order valence-electron chi connectivity index (χ4n) is 1.80. The van der Waals surface area contributed by atoms with Crippen molar-refractivity contribution in [2.24, 2.45) is 0 Å². The first-order valence-corrected chi connectivity index (χ1v) is 7.77. The zero-order valence-electron chi connectivity index (χ0n) is 9.52. The molecule has 1 aromatic heterocycles. The summed E-state index contributed by atoms with van der Waals surface area (Å²) < 4.78 is 26.2. The average molecular weight is 256 g/mol. The Labute approximate surface area is 99.3 Å². The molecule has 0 aliphatic rings. The van der Waals surface area contributed by atoms with Crippen LogP contribution in [0.3, 0.4) is 0 Å². The highest BCUT2D eigenvalue weighted by Gasteiger charge is 2.18. The highest BCUT2D eigenvalue weighted by molar-refractivity contribution is 7.90. The molecule has 0 fully saturated rings. The van der Waals surface area contributed by atoms with Crippen LogP contribution >= 0.6 is 11.3 Å². The van der Waals surface area contributed by atoms with Gasteiger partial charge in [0.1, 0.15) is 11.2 Å². The van der Waals surface area contributed by atoms with Crippen LogP contribution in [-0.2, 0) is 16.4 Å². The lowest BCUT2D eigenvalue weighted by Crippen LogP contribution is -2.33. The molecule has 0 amide bonds. The maximum atomic E-state index is 11.5. The quantitative estimate of drug-likeness (QED) is 0.770. The molecule has 0 unspecified atom stereocenters. The molecular formula is C11H14NO2S2+. The van der Waals surface area contributed by atoms with Crippen LogP contribution < -0.4 is 4.57 Å². The summed E-state index contributed by atoms with van der Waals surface area (Å²) in [6.45, 7) is 4.97. The van der Waals surface area contributed by atoms with E-state index >= 15 is 0 Å². The number of hydrogen-bond acceptors (Lipinski definition) is 3. The third-order valence-corrected chi connectivity index (χ3v) is 4.79. The highest BCUT2D eigenvalue weighted by Crippen LogP contribution is 2.23. The van der Waals surface area contributed by atoms with Crippen LogP contribution in [0.25, 0.3) is 10.2 Å². The molecule has 0 aliphatic carbocycles. The predicted octanol–water partition coefficient (Wildman–Crippen LogP) is 1.92. The average Bonchev–Trinajstić information content (AvgIpc) is 2.50. The molecule has 0 saturated carbocycles. The van der Waals surface area contributed by atoms with Crippen LogP contribution in [0.5, 0.6) is 0 Å². The van der Waals surface area contributed by atoms with Gasteiger partial charge in [0.15, 0.2) is 9.84 Å². The summed E-state index contributed by atoms with van der Waals surface area (Å²) in [5.41, 5.74) is 1.01. The van der Waals surface area contributed by atoms with E-state index in [2.05, 4.69) is 11.5 Å². The van der Waals surface area contributed by atoms with Gasteiger partial charge in [-0.05, 0) is 19.1 Å². The van der Waals surface area contributed by atoms with E-state index in [9.17, 15) is 8.42 Å². The second kappa shape index (κ2) is 3.82. The van der Waals surface area contributed by atoms with Gasteiger partial charge in [0.25, 0.3) is 0 Å². The SMILES string of the molecule is CC[n+]1c(C)sc2ccc(S(C)(=O)=O)cc21. The van der Waals surface area contributed by atoms with Gasteiger partial charge < -0.3 is 0 Å². The van der Waals surface area contributed by atoms with Crippen molar-refractivity contribution in [3.63, 3.8) is 0 Å². The van der Waals surface area contributed by atoms with E-state index < -0.39 is 9.84 Å². The van der Waals surface area contributed by atoms with E-state index in [0.29, 0.717) is 4.90 Å². The predicted molar refractivity (Wildman–Crippen MR) is 65.5 cm³/mol. The number of benzene rings is 1. The van der Waals surface area contributed by atoms with Crippen molar-refractivity contribution in [2.45, 2.75) is 25.3 Å². The Kier molecular flexibility index (Phi) is 2.75. The van der Waals surface area contributed by atoms with E-state index in [1.165, 1.54) is 11.3 Å². The van der Waals surface area contributed by atoms with Gasteiger partial charge in [-0.2, -0.15) is 4.57 Å². The van der Waals surface area contributed by atoms with Gasteiger partial charge in [0.05, 0.1) is 4.90 Å². The van der Waals surface area contributed by atoms with Crippen molar-refractivity contribution in [3.05, 3.63) is 23.2 Å². The molecule has 2 aromatic rings. The third kappa shape index (κ3) is 1.85. The molecule has 5 heteroatoms. The molecule has 2 rings (SSSR count). The molecular weight excluding hydrogens is 242 g/mol. The smallest absolute Gasteiger partial charge is 0.224 e. The normalized spacial score (nSPS) is 12.2. The molecule has 0 bridgehead atoms. The van der Waals surface area contributed by atoms with Gasteiger partial charge in [-0.25, -0.2) is 8.42 Å². The molecule has 16 heavy (non-hydrogen) atoms. The molecule has 0 atom stereocenters. The van der Waals surface area contributed by atoms with Crippen LogP contribution in [0.15, 0.2) is 23.1 Å². The van der Waals surface area contributed by atoms with E-state index in [4.69, 9.17) is 0 Å². The molecule has 0 radical (unpaired) electrons. The number of aromatic nitrogens is 1. The topological polar surface area (TPSA) is 38.0 Å². The lowest BCUT2D eigenvalue weighted by atomic mass is 10.3. The number of fused-ring (bicyclic) bond motifs is 1. The van der Waals surface area contributed by atoms with Crippen molar-refractivity contribution in [2.75, 3.05) is 6.26 Å². The Morgan fingerprint density at radius 2 is 2.06 bits per heavy atom. The Hall–Kier alpha value is -0.940. The van der Waals surface area contributed by atoms with E-state index in [-0.39, 0.29) is 0 Å². The molecule has 0 aliphatic heterocycles. The first-order valence-electron chi connectivity index (χ1n) is 5.06. The van der Waals surface area contributed by atoms with Crippen LogP contribution in [0.1, 0.15) is 11.9 Å².